The van der Waals surface area contributed by atoms with Gasteiger partial charge in [0.2, 0.25) is 5.95 Å². The van der Waals surface area contributed by atoms with Crippen LogP contribution in [0.2, 0.25) is 0 Å². The van der Waals surface area contributed by atoms with Crippen LogP contribution in [0, 0.1) is 15.9 Å². The van der Waals surface area contributed by atoms with E-state index in [0.717, 1.165) is 6.20 Å². The normalized spacial score (nSPS) is 10.1. The minimum atomic E-state index is -0.700. The fourth-order valence-electron chi connectivity index (χ4n) is 2.42. The summed E-state index contributed by atoms with van der Waals surface area (Å²) in [4.78, 5) is 18.4. The number of nitrogens with zero attached hydrogens (tertiary/aromatic N) is 3. The molecule has 0 unspecified atom stereocenters. The van der Waals surface area contributed by atoms with Crippen LogP contribution < -0.4 is 15.4 Å². The summed E-state index contributed by atoms with van der Waals surface area (Å²) in [6, 6.07) is 12.6. The third-order valence-electron chi connectivity index (χ3n) is 3.91. The second kappa shape index (κ2) is 13.6. The lowest BCUT2D eigenvalue weighted by molar-refractivity contribution is -0.384. The maximum Gasteiger partial charge on any atom is 0.271 e. The van der Waals surface area contributed by atoms with E-state index in [4.69, 9.17) is 14.2 Å². The minimum absolute atomic E-state index is 0.101. The van der Waals surface area contributed by atoms with E-state index in [0.29, 0.717) is 30.3 Å². The SMILES string of the molecule is CC.COCCOCOc1ccc(Nc2ncc(F)c(Nc3cccc([N+](=O)[O-])c3)n2)cc1. The predicted molar refractivity (Wildman–Crippen MR) is 123 cm³/mol. The Morgan fingerprint density at radius 2 is 1.82 bits per heavy atom. The molecule has 0 aliphatic rings. The van der Waals surface area contributed by atoms with Crippen molar-refractivity contribution < 1.29 is 23.5 Å². The van der Waals surface area contributed by atoms with E-state index in [2.05, 4.69) is 20.6 Å². The number of aromatic nitrogens is 2. The summed E-state index contributed by atoms with van der Waals surface area (Å²) in [7, 11) is 1.59. The molecule has 0 amide bonds. The van der Waals surface area contributed by atoms with Gasteiger partial charge < -0.3 is 24.8 Å². The number of nitrogens with one attached hydrogen (secondary N) is 2. The van der Waals surface area contributed by atoms with Gasteiger partial charge in [0.25, 0.3) is 5.69 Å². The molecule has 176 valence electrons. The first-order chi connectivity index (χ1) is 16.0. The first-order valence-electron chi connectivity index (χ1n) is 10.2. The lowest BCUT2D eigenvalue weighted by atomic mass is 10.3. The monoisotopic (exact) mass is 459 g/mol. The summed E-state index contributed by atoms with van der Waals surface area (Å²) < 4.78 is 29.7. The smallest absolute Gasteiger partial charge is 0.271 e. The molecule has 0 saturated heterocycles. The molecule has 10 nitrogen and oxygen atoms in total. The molecule has 3 rings (SSSR count). The van der Waals surface area contributed by atoms with E-state index >= 15 is 0 Å². The zero-order valence-corrected chi connectivity index (χ0v) is 18.6. The third kappa shape index (κ3) is 8.31. The summed E-state index contributed by atoms with van der Waals surface area (Å²) in [5, 5.41) is 16.6. The van der Waals surface area contributed by atoms with E-state index < -0.39 is 10.7 Å². The van der Waals surface area contributed by atoms with Crippen LogP contribution in [-0.2, 0) is 9.47 Å². The standard InChI is InChI=1S/C20H20FN5O5.C2H6/c1-29-9-10-30-13-31-17-7-5-14(6-8-17)24-20-22-12-18(21)19(25-20)23-15-3-2-4-16(11-15)26(27)28;1-2/h2-8,11-12H,9-10,13H2,1H3,(H2,22,23,24,25);1-2H3. The van der Waals surface area contributed by atoms with E-state index in [1.165, 1.54) is 18.2 Å². The quantitative estimate of drug-likeness (QED) is 0.176. The molecule has 11 heteroatoms. The molecule has 0 aliphatic carbocycles. The number of nitro benzene ring substituents is 1. The summed E-state index contributed by atoms with van der Waals surface area (Å²) in [6.45, 7) is 5.02. The highest BCUT2D eigenvalue weighted by atomic mass is 19.1. The average Bonchev–Trinajstić information content (AvgIpc) is 2.83. The summed E-state index contributed by atoms with van der Waals surface area (Å²) >= 11 is 0. The third-order valence-corrected chi connectivity index (χ3v) is 3.91. The van der Waals surface area contributed by atoms with Crippen molar-refractivity contribution in [3.8, 4) is 5.75 Å². The highest BCUT2D eigenvalue weighted by molar-refractivity contribution is 5.62. The van der Waals surface area contributed by atoms with Crippen LogP contribution in [0.5, 0.6) is 5.75 Å². The number of halogens is 1. The molecule has 0 spiro atoms. The van der Waals surface area contributed by atoms with E-state index in [9.17, 15) is 14.5 Å². The number of benzene rings is 2. The van der Waals surface area contributed by atoms with E-state index in [-0.39, 0.29) is 24.2 Å². The molecule has 0 bridgehead atoms. The molecular weight excluding hydrogens is 433 g/mol. The highest BCUT2D eigenvalue weighted by Gasteiger charge is 2.11. The van der Waals surface area contributed by atoms with Crippen LogP contribution >= 0.6 is 0 Å². The number of hydrogen-bond donors (Lipinski definition) is 2. The fraction of sp³-hybridized carbons (Fsp3) is 0.273. The highest BCUT2D eigenvalue weighted by Crippen LogP contribution is 2.24. The van der Waals surface area contributed by atoms with Crippen molar-refractivity contribution in [3.63, 3.8) is 0 Å². The Labute approximate surface area is 190 Å². The molecule has 2 aromatic carbocycles. The molecule has 0 aliphatic heterocycles. The number of methoxy groups -OCH3 is 1. The van der Waals surface area contributed by atoms with Gasteiger partial charge in [-0.25, -0.2) is 9.37 Å². The van der Waals surface area contributed by atoms with Crippen molar-refractivity contribution in [1.82, 2.24) is 9.97 Å². The average molecular weight is 459 g/mol. The van der Waals surface area contributed by atoms with E-state index in [1.54, 1.807) is 37.4 Å². The molecule has 1 heterocycles. The zero-order valence-electron chi connectivity index (χ0n) is 18.6. The van der Waals surface area contributed by atoms with Gasteiger partial charge in [-0.2, -0.15) is 4.98 Å². The van der Waals surface area contributed by atoms with Gasteiger partial charge >= 0.3 is 0 Å². The molecule has 0 fully saturated rings. The molecule has 0 saturated carbocycles. The number of rotatable bonds is 11. The molecule has 0 radical (unpaired) electrons. The predicted octanol–water partition coefficient (Wildman–Crippen LogP) is 5.04. The Morgan fingerprint density at radius 1 is 1.06 bits per heavy atom. The summed E-state index contributed by atoms with van der Waals surface area (Å²) in [5.74, 6) is -0.0673. The summed E-state index contributed by atoms with van der Waals surface area (Å²) in [5.41, 5.74) is 0.858. The number of hydrogen-bond acceptors (Lipinski definition) is 9. The van der Waals surface area contributed by atoms with Crippen LogP contribution in [0.3, 0.4) is 0 Å². The van der Waals surface area contributed by atoms with Crippen molar-refractivity contribution in [1.29, 1.82) is 0 Å². The van der Waals surface area contributed by atoms with Gasteiger partial charge in [0.1, 0.15) is 5.75 Å². The lowest BCUT2D eigenvalue weighted by Crippen LogP contribution is -2.07. The van der Waals surface area contributed by atoms with Gasteiger partial charge in [0.05, 0.1) is 24.3 Å². The Kier molecular flexibility index (Phi) is 10.4. The van der Waals surface area contributed by atoms with Crippen molar-refractivity contribution in [3.05, 3.63) is 70.7 Å². The van der Waals surface area contributed by atoms with Gasteiger partial charge in [0, 0.05) is 30.6 Å². The van der Waals surface area contributed by atoms with Gasteiger partial charge in [-0.3, -0.25) is 10.1 Å². The number of non-ortho nitro benzene ring substituents is 1. The van der Waals surface area contributed by atoms with Gasteiger partial charge in [0.15, 0.2) is 18.4 Å². The Bertz CT molecular complexity index is 1020. The van der Waals surface area contributed by atoms with Gasteiger partial charge in [-0.1, -0.05) is 19.9 Å². The van der Waals surface area contributed by atoms with Crippen molar-refractivity contribution in [2.75, 3.05) is 37.8 Å². The molecule has 1 aromatic heterocycles. The fourth-order valence-corrected chi connectivity index (χ4v) is 2.42. The van der Waals surface area contributed by atoms with Crippen LogP contribution in [-0.4, -0.2) is 42.0 Å². The van der Waals surface area contributed by atoms with Crippen LogP contribution in [0.15, 0.2) is 54.7 Å². The molecule has 2 N–H and O–H groups in total. The second-order valence-corrected chi connectivity index (χ2v) is 6.14. The van der Waals surface area contributed by atoms with Gasteiger partial charge in [-0.05, 0) is 30.3 Å². The Morgan fingerprint density at radius 3 is 2.52 bits per heavy atom. The number of ether oxygens (including phenoxy) is 3. The maximum atomic E-state index is 14.1. The van der Waals surface area contributed by atoms with Crippen LogP contribution in [0.1, 0.15) is 13.8 Å². The Balaban J connectivity index is 0.00000187. The largest absolute Gasteiger partial charge is 0.468 e. The van der Waals surface area contributed by atoms with Crippen molar-refractivity contribution >= 4 is 28.8 Å². The van der Waals surface area contributed by atoms with Gasteiger partial charge in [-0.15, -0.1) is 0 Å². The Hall–Kier alpha value is -3.83. The minimum Gasteiger partial charge on any atom is -0.468 e. The number of nitro groups is 1. The molecule has 33 heavy (non-hydrogen) atoms. The number of anilines is 4. The first-order valence-corrected chi connectivity index (χ1v) is 10.2. The molecular formula is C22H26FN5O5. The molecule has 3 aromatic rings. The zero-order chi connectivity index (χ0) is 24.1. The summed E-state index contributed by atoms with van der Waals surface area (Å²) in [6.07, 6.45) is 1.00. The second-order valence-electron chi connectivity index (χ2n) is 6.14. The first kappa shape index (κ1) is 25.4. The van der Waals surface area contributed by atoms with Crippen molar-refractivity contribution in [2.24, 2.45) is 0 Å². The lowest BCUT2D eigenvalue weighted by Gasteiger charge is -2.10. The molecule has 0 atom stereocenters. The topological polar surface area (TPSA) is 121 Å². The maximum absolute atomic E-state index is 14.1. The van der Waals surface area contributed by atoms with Crippen molar-refractivity contribution in [2.45, 2.75) is 13.8 Å². The van der Waals surface area contributed by atoms with Crippen LogP contribution in [0.4, 0.5) is 33.2 Å². The van der Waals surface area contributed by atoms with E-state index in [1.807, 2.05) is 13.8 Å². The van der Waals surface area contributed by atoms with Crippen LogP contribution in [0.25, 0.3) is 0 Å².